The summed E-state index contributed by atoms with van der Waals surface area (Å²) in [4.78, 5) is 18.6. The van der Waals surface area contributed by atoms with Crippen LogP contribution < -0.4 is 9.62 Å². The van der Waals surface area contributed by atoms with Gasteiger partial charge in [0.2, 0.25) is 0 Å². The summed E-state index contributed by atoms with van der Waals surface area (Å²) in [7, 11) is 0. The van der Waals surface area contributed by atoms with Crippen LogP contribution in [0, 0.1) is 0 Å². The zero-order chi connectivity index (χ0) is 12.1. The lowest BCUT2D eigenvalue weighted by Crippen LogP contribution is -2.40. The van der Waals surface area contributed by atoms with E-state index < -0.39 is 0 Å². The molecule has 1 amide bonds. The molecule has 0 saturated heterocycles. The highest BCUT2D eigenvalue weighted by Crippen LogP contribution is 2.26. The van der Waals surface area contributed by atoms with Crippen molar-refractivity contribution >= 4 is 23.7 Å². The second kappa shape index (κ2) is 5.95. The van der Waals surface area contributed by atoms with E-state index in [1.54, 1.807) is 18.3 Å². The first-order chi connectivity index (χ1) is 8.33. The van der Waals surface area contributed by atoms with E-state index in [1.165, 1.54) is 25.7 Å². The zero-order valence-corrected chi connectivity index (χ0v) is 10.8. The molecule has 0 fully saturated rings. The molecule has 94 valence electrons. The quantitative estimate of drug-likeness (QED) is 0.603. The van der Waals surface area contributed by atoms with Crippen LogP contribution in [0.5, 0.6) is 0 Å². The molecule has 0 aromatic carbocycles. The van der Waals surface area contributed by atoms with Gasteiger partial charge in [0.25, 0.3) is 5.91 Å². The number of aromatic amines is 1. The molecule has 2 rings (SSSR count). The number of unbranched alkanes of at least 4 members (excludes halogenated alkanes) is 3. The first kappa shape index (κ1) is 12.3. The van der Waals surface area contributed by atoms with Gasteiger partial charge in [0, 0.05) is 5.75 Å². The molecule has 5 nitrogen and oxygen atoms in total. The molecule has 0 aliphatic carbocycles. The summed E-state index contributed by atoms with van der Waals surface area (Å²) >= 11 is 1.73. The van der Waals surface area contributed by atoms with Crippen molar-refractivity contribution in [3.05, 3.63) is 12.0 Å². The van der Waals surface area contributed by atoms with Gasteiger partial charge in [0.1, 0.15) is 12.4 Å². The number of imidazole rings is 1. The minimum absolute atomic E-state index is 0.0691. The van der Waals surface area contributed by atoms with Crippen molar-refractivity contribution in [3.8, 4) is 0 Å². The van der Waals surface area contributed by atoms with Gasteiger partial charge in [-0.3, -0.25) is 9.10 Å². The number of nitrogens with zero attached hydrogens (tertiary/aromatic N) is 2. The summed E-state index contributed by atoms with van der Waals surface area (Å²) in [5, 5.41) is 2.82. The van der Waals surface area contributed by atoms with Crippen LogP contribution in [0.15, 0.2) is 6.33 Å². The number of H-pyrrole nitrogens is 1. The predicted molar refractivity (Wildman–Crippen MR) is 70.0 cm³/mol. The maximum atomic E-state index is 11.5. The second-order valence-electron chi connectivity index (χ2n) is 4.04. The molecular weight excluding hydrogens is 236 g/mol. The third-order valence-electron chi connectivity index (χ3n) is 2.71. The van der Waals surface area contributed by atoms with E-state index in [0.29, 0.717) is 12.4 Å². The molecule has 2 heterocycles. The molecule has 2 N–H and O–H groups in total. The summed E-state index contributed by atoms with van der Waals surface area (Å²) in [5.74, 6) is 1.76. The van der Waals surface area contributed by atoms with Crippen molar-refractivity contribution in [2.24, 2.45) is 0 Å². The Bertz CT molecular complexity index is 379. The molecule has 0 unspecified atom stereocenters. The average molecular weight is 254 g/mol. The highest BCUT2D eigenvalue weighted by molar-refractivity contribution is 8.00. The topological polar surface area (TPSA) is 61.0 Å². The Balaban J connectivity index is 1.83. The van der Waals surface area contributed by atoms with Crippen LogP contribution >= 0.6 is 11.9 Å². The van der Waals surface area contributed by atoms with Gasteiger partial charge in [0.05, 0.1) is 6.33 Å². The van der Waals surface area contributed by atoms with Crippen molar-refractivity contribution < 1.29 is 4.79 Å². The first-order valence-electron chi connectivity index (χ1n) is 6.05. The van der Waals surface area contributed by atoms with Crippen molar-refractivity contribution in [1.82, 2.24) is 15.3 Å². The molecule has 1 aliphatic rings. The molecule has 0 atom stereocenters. The monoisotopic (exact) mass is 254 g/mol. The number of rotatable bonds is 6. The van der Waals surface area contributed by atoms with E-state index in [1.807, 2.05) is 4.31 Å². The normalized spacial score (nSPS) is 14.6. The van der Waals surface area contributed by atoms with Crippen LogP contribution in [0.2, 0.25) is 0 Å². The Kier molecular flexibility index (Phi) is 4.30. The maximum absolute atomic E-state index is 11.5. The van der Waals surface area contributed by atoms with Gasteiger partial charge in [-0.2, -0.15) is 0 Å². The molecular formula is C11H18N4OS. The number of amides is 1. The van der Waals surface area contributed by atoms with Gasteiger partial charge in [-0.15, -0.1) is 0 Å². The fraction of sp³-hybridized carbons (Fsp3) is 0.636. The Labute approximate surface area is 106 Å². The van der Waals surface area contributed by atoms with Crippen LogP contribution in [-0.2, 0) is 0 Å². The highest BCUT2D eigenvalue weighted by Gasteiger charge is 2.25. The number of fused-ring (bicyclic) bond motifs is 1. The molecule has 1 aromatic heterocycles. The van der Waals surface area contributed by atoms with E-state index in [-0.39, 0.29) is 5.91 Å². The lowest BCUT2D eigenvalue weighted by molar-refractivity contribution is 0.0946. The van der Waals surface area contributed by atoms with Gasteiger partial charge in [0.15, 0.2) is 5.82 Å². The van der Waals surface area contributed by atoms with Crippen molar-refractivity contribution in [3.63, 3.8) is 0 Å². The van der Waals surface area contributed by atoms with E-state index in [9.17, 15) is 4.79 Å². The van der Waals surface area contributed by atoms with Crippen LogP contribution in [0.3, 0.4) is 0 Å². The van der Waals surface area contributed by atoms with Crippen LogP contribution in [0.1, 0.15) is 43.1 Å². The molecule has 0 saturated carbocycles. The molecule has 1 aromatic rings. The van der Waals surface area contributed by atoms with E-state index in [4.69, 9.17) is 0 Å². The highest BCUT2D eigenvalue weighted by atomic mass is 32.2. The van der Waals surface area contributed by atoms with E-state index in [2.05, 4.69) is 22.2 Å². The second-order valence-corrected chi connectivity index (χ2v) is 5.14. The number of carbonyl (C=O) groups is 1. The molecule has 17 heavy (non-hydrogen) atoms. The fourth-order valence-electron chi connectivity index (χ4n) is 1.76. The Morgan fingerprint density at radius 1 is 1.47 bits per heavy atom. The van der Waals surface area contributed by atoms with Gasteiger partial charge >= 0.3 is 0 Å². The van der Waals surface area contributed by atoms with Crippen LogP contribution in [0.25, 0.3) is 0 Å². The standard InChI is InChI=1S/C11H18N4OS/c1-2-3-4-5-6-17-15-8-14-11(16)9-10(15)13-7-12-9/h7H,2-6,8H2,1H3,(H,12,13)(H,14,16). The first-order valence-corrected chi connectivity index (χ1v) is 6.99. The molecule has 0 bridgehead atoms. The van der Waals surface area contributed by atoms with Crippen LogP contribution in [0.4, 0.5) is 5.82 Å². The number of hydrogen-bond donors (Lipinski definition) is 2. The zero-order valence-electron chi connectivity index (χ0n) is 10.0. The SMILES string of the molecule is CCCCCCSN1CNC(=O)c2[nH]cnc21. The minimum atomic E-state index is -0.0691. The minimum Gasteiger partial charge on any atom is -0.339 e. The predicted octanol–water partition coefficient (Wildman–Crippen LogP) is 2.15. The summed E-state index contributed by atoms with van der Waals surface area (Å²) in [5.41, 5.74) is 0.567. The average Bonchev–Trinajstić information content (AvgIpc) is 2.81. The molecule has 0 spiro atoms. The van der Waals surface area contributed by atoms with Gasteiger partial charge in [-0.05, 0) is 18.4 Å². The number of anilines is 1. The van der Waals surface area contributed by atoms with Crippen molar-refractivity contribution in [1.29, 1.82) is 0 Å². The van der Waals surface area contributed by atoms with Gasteiger partial charge in [-0.25, -0.2) is 4.98 Å². The van der Waals surface area contributed by atoms with Gasteiger partial charge in [-0.1, -0.05) is 26.2 Å². The third-order valence-corrected chi connectivity index (χ3v) is 3.80. The van der Waals surface area contributed by atoms with Crippen molar-refractivity contribution in [2.45, 2.75) is 32.6 Å². The smallest absolute Gasteiger partial charge is 0.273 e. The van der Waals surface area contributed by atoms with E-state index >= 15 is 0 Å². The Morgan fingerprint density at radius 3 is 3.18 bits per heavy atom. The number of nitrogens with one attached hydrogen (secondary N) is 2. The molecule has 1 aliphatic heterocycles. The third kappa shape index (κ3) is 2.94. The molecule has 6 heteroatoms. The number of carbonyl (C=O) groups excluding carboxylic acids is 1. The summed E-state index contributed by atoms with van der Waals surface area (Å²) in [6.07, 6.45) is 6.61. The molecule has 0 radical (unpaired) electrons. The summed E-state index contributed by atoms with van der Waals surface area (Å²) < 4.78 is 2.04. The van der Waals surface area contributed by atoms with Gasteiger partial charge < -0.3 is 10.3 Å². The lowest BCUT2D eigenvalue weighted by Gasteiger charge is -2.26. The summed E-state index contributed by atoms with van der Waals surface area (Å²) in [6.45, 7) is 2.75. The Hall–Kier alpha value is -1.17. The van der Waals surface area contributed by atoms with Crippen molar-refractivity contribution in [2.75, 3.05) is 16.7 Å². The lowest BCUT2D eigenvalue weighted by atomic mass is 10.2. The van der Waals surface area contributed by atoms with E-state index in [0.717, 1.165) is 11.6 Å². The summed E-state index contributed by atoms with van der Waals surface area (Å²) in [6, 6.07) is 0. The number of hydrogen-bond acceptors (Lipinski definition) is 4. The fourth-order valence-corrected chi connectivity index (χ4v) is 2.73. The maximum Gasteiger partial charge on any atom is 0.273 e. The van der Waals surface area contributed by atoms with Crippen LogP contribution in [-0.4, -0.2) is 28.3 Å². The number of aromatic nitrogens is 2. The largest absolute Gasteiger partial charge is 0.339 e. The Morgan fingerprint density at radius 2 is 2.35 bits per heavy atom.